The Morgan fingerprint density at radius 1 is 1.27 bits per heavy atom. The van der Waals surface area contributed by atoms with Crippen LogP contribution in [0.5, 0.6) is 0 Å². The van der Waals surface area contributed by atoms with E-state index in [4.69, 9.17) is 12.2 Å². The summed E-state index contributed by atoms with van der Waals surface area (Å²) < 4.78 is 0. The molecule has 1 N–H and O–H groups in total. The van der Waals surface area contributed by atoms with E-state index in [9.17, 15) is 0 Å². The molecule has 0 spiro atoms. The summed E-state index contributed by atoms with van der Waals surface area (Å²) in [5.41, 5.74) is 0. The molecular weight excluding hydrogens is 204 g/mol. The fraction of sp³-hybridized carbons (Fsp3) is 0.917. The summed E-state index contributed by atoms with van der Waals surface area (Å²) >= 11 is 5.41. The molecule has 1 saturated carbocycles. The first-order chi connectivity index (χ1) is 7.29. The predicted molar refractivity (Wildman–Crippen MR) is 68.0 cm³/mol. The van der Waals surface area contributed by atoms with Crippen molar-refractivity contribution in [1.29, 1.82) is 0 Å². The lowest BCUT2D eigenvalue weighted by Gasteiger charge is -2.33. The van der Waals surface area contributed by atoms with E-state index in [0.717, 1.165) is 11.0 Å². The molecule has 0 aromatic carbocycles. The van der Waals surface area contributed by atoms with Crippen molar-refractivity contribution >= 4 is 17.3 Å². The molecule has 0 atom stereocenters. The molecular formula is C12H22N2S. The van der Waals surface area contributed by atoms with E-state index in [1.165, 1.54) is 51.6 Å². The number of hydrogen-bond donors (Lipinski definition) is 1. The standard InChI is InChI=1S/C12H22N2S/c1-2-3-10-6-8-14(9-7-10)12(15)13-11-4-5-11/h10-11H,2-9H2,1H3,(H,13,15). The maximum Gasteiger partial charge on any atom is 0.169 e. The summed E-state index contributed by atoms with van der Waals surface area (Å²) in [7, 11) is 0. The van der Waals surface area contributed by atoms with Gasteiger partial charge in [-0.1, -0.05) is 19.8 Å². The topological polar surface area (TPSA) is 15.3 Å². The number of thiocarbonyl (C=S) groups is 1. The van der Waals surface area contributed by atoms with Crippen LogP contribution in [0, 0.1) is 5.92 Å². The van der Waals surface area contributed by atoms with Gasteiger partial charge in [-0.2, -0.15) is 0 Å². The molecule has 15 heavy (non-hydrogen) atoms. The average Bonchev–Trinajstić information content (AvgIpc) is 3.03. The highest BCUT2D eigenvalue weighted by Gasteiger charge is 2.25. The van der Waals surface area contributed by atoms with Crippen molar-refractivity contribution in [3.63, 3.8) is 0 Å². The van der Waals surface area contributed by atoms with Gasteiger partial charge in [0.1, 0.15) is 0 Å². The van der Waals surface area contributed by atoms with Gasteiger partial charge in [-0.05, 0) is 43.8 Å². The highest BCUT2D eigenvalue weighted by atomic mass is 32.1. The van der Waals surface area contributed by atoms with Crippen molar-refractivity contribution in [2.24, 2.45) is 5.92 Å². The largest absolute Gasteiger partial charge is 0.360 e. The third kappa shape index (κ3) is 3.33. The minimum absolute atomic E-state index is 0.700. The van der Waals surface area contributed by atoms with E-state index in [-0.39, 0.29) is 0 Å². The molecule has 2 aliphatic rings. The maximum atomic E-state index is 5.41. The molecule has 0 unspecified atom stereocenters. The monoisotopic (exact) mass is 226 g/mol. The highest BCUT2D eigenvalue weighted by molar-refractivity contribution is 7.80. The second kappa shape index (κ2) is 5.15. The quantitative estimate of drug-likeness (QED) is 0.745. The summed E-state index contributed by atoms with van der Waals surface area (Å²) in [6, 6.07) is 0.700. The molecule has 1 saturated heterocycles. The van der Waals surface area contributed by atoms with E-state index in [2.05, 4.69) is 17.1 Å². The number of likely N-dealkylation sites (tertiary alicyclic amines) is 1. The van der Waals surface area contributed by atoms with Crippen molar-refractivity contribution in [2.75, 3.05) is 13.1 Å². The van der Waals surface area contributed by atoms with Crippen LogP contribution in [0.15, 0.2) is 0 Å². The van der Waals surface area contributed by atoms with Crippen LogP contribution in [-0.2, 0) is 0 Å². The zero-order valence-corrected chi connectivity index (χ0v) is 10.5. The van der Waals surface area contributed by atoms with Crippen LogP contribution in [0.3, 0.4) is 0 Å². The Labute approximate surface area is 98.4 Å². The second-order valence-corrected chi connectivity index (χ2v) is 5.33. The summed E-state index contributed by atoms with van der Waals surface area (Å²) in [5, 5.41) is 4.43. The van der Waals surface area contributed by atoms with Gasteiger partial charge >= 0.3 is 0 Å². The Balaban J connectivity index is 1.69. The molecule has 0 aromatic heterocycles. The van der Waals surface area contributed by atoms with Gasteiger partial charge in [-0.3, -0.25) is 0 Å². The van der Waals surface area contributed by atoms with Gasteiger partial charge in [0.15, 0.2) is 5.11 Å². The molecule has 1 heterocycles. The summed E-state index contributed by atoms with van der Waals surface area (Å²) in [6.45, 7) is 4.62. The van der Waals surface area contributed by atoms with Crippen LogP contribution in [0.2, 0.25) is 0 Å². The van der Waals surface area contributed by atoms with Crippen LogP contribution >= 0.6 is 12.2 Å². The fourth-order valence-corrected chi connectivity index (χ4v) is 2.68. The van der Waals surface area contributed by atoms with E-state index in [1.54, 1.807) is 0 Å². The molecule has 0 amide bonds. The third-order valence-corrected chi connectivity index (χ3v) is 3.88. The van der Waals surface area contributed by atoms with Gasteiger partial charge < -0.3 is 10.2 Å². The Kier molecular flexibility index (Phi) is 3.84. The van der Waals surface area contributed by atoms with Crippen molar-refractivity contribution in [2.45, 2.75) is 51.5 Å². The van der Waals surface area contributed by atoms with E-state index < -0.39 is 0 Å². The lowest BCUT2D eigenvalue weighted by Crippen LogP contribution is -2.44. The molecule has 0 radical (unpaired) electrons. The average molecular weight is 226 g/mol. The van der Waals surface area contributed by atoms with Gasteiger partial charge in [0.2, 0.25) is 0 Å². The van der Waals surface area contributed by atoms with Crippen LogP contribution in [0.1, 0.15) is 45.4 Å². The Bertz CT molecular complexity index is 218. The second-order valence-electron chi connectivity index (χ2n) is 4.94. The van der Waals surface area contributed by atoms with Crippen LogP contribution < -0.4 is 5.32 Å². The molecule has 0 bridgehead atoms. The van der Waals surface area contributed by atoms with Crippen molar-refractivity contribution < 1.29 is 0 Å². The maximum absolute atomic E-state index is 5.41. The van der Waals surface area contributed by atoms with E-state index >= 15 is 0 Å². The highest BCUT2D eigenvalue weighted by Crippen LogP contribution is 2.23. The van der Waals surface area contributed by atoms with Crippen LogP contribution in [0.4, 0.5) is 0 Å². The predicted octanol–water partition coefficient (Wildman–Crippen LogP) is 2.54. The van der Waals surface area contributed by atoms with Gasteiger partial charge in [-0.15, -0.1) is 0 Å². The number of hydrogen-bond acceptors (Lipinski definition) is 1. The van der Waals surface area contributed by atoms with Crippen molar-refractivity contribution in [3.8, 4) is 0 Å². The first-order valence-electron chi connectivity index (χ1n) is 6.35. The molecule has 86 valence electrons. The summed E-state index contributed by atoms with van der Waals surface area (Å²) in [4.78, 5) is 2.36. The van der Waals surface area contributed by atoms with E-state index in [1.807, 2.05) is 0 Å². The number of nitrogens with zero attached hydrogens (tertiary/aromatic N) is 1. The lowest BCUT2D eigenvalue weighted by atomic mass is 9.93. The molecule has 2 fully saturated rings. The van der Waals surface area contributed by atoms with Crippen LogP contribution in [-0.4, -0.2) is 29.1 Å². The summed E-state index contributed by atoms with van der Waals surface area (Å²) in [6.07, 6.45) is 8.02. The Hall–Kier alpha value is -0.310. The molecule has 1 aliphatic heterocycles. The first-order valence-corrected chi connectivity index (χ1v) is 6.76. The first kappa shape index (κ1) is 11.2. The Morgan fingerprint density at radius 2 is 1.93 bits per heavy atom. The smallest absolute Gasteiger partial charge is 0.169 e. The van der Waals surface area contributed by atoms with Gasteiger partial charge in [-0.25, -0.2) is 0 Å². The molecule has 0 aromatic rings. The van der Waals surface area contributed by atoms with Gasteiger partial charge in [0.05, 0.1) is 0 Å². The van der Waals surface area contributed by atoms with E-state index in [0.29, 0.717) is 6.04 Å². The minimum Gasteiger partial charge on any atom is -0.360 e. The molecule has 2 rings (SSSR count). The number of rotatable bonds is 3. The zero-order chi connectivity index (χ0) is 10.7. The van der Waals surface area contributed by atoms with Crippen molar-refractivity contribution in [3.05, 3.63) is 0 Å². The molecule has 3 heteroatoms. The Morgan fingerprint density at radius 3 is 2.47 bits per heavy atom. The van der Waals surface area contributed by atoms with Gasteiger partial charge in [0, 0.05) is 19.1 Å². The fourth-order valence-electron chi connectivity index (χ4n) is 2.33. The summed E-state index contributed by atoms with van der Waals surface area (Å²) in [5.74, 6) is 0.954. The minimum atomic E-state index is 0.700. The molecule has 2 nitrogen and oxygen atoms in total. The van der Waals surface area contributed by atoms with Gasteiger partial charge in [0.25, 0.3) is 0 Å². The SMILES string of the molecule is CCCC1CCN(C(=S)NC2CC2)CC1. The number of nitrogens with one attached hydrogen (secondary N) is 1. The number of piperidine rings is 1. The zero-order valence-electron chi connectivity index (χ0n) is 9.67. The van der Waals surface area contributed by atoms with Crippen LogP contribution in [0.25, 0.3) is 0 Å². The normalized spacial score (nSPS) is 22.9. The lowest BCUT2D eigenvalue weighted by molar-refractivity contribution is 0.253. The van der Waals surface area contributed by atoms with Crippen molar-refractivity contribution in [1.82, 2.24) is 10.2 Å². The molecule has 1 aliphatic carbocycles. The third-order valence-electron chi connectivity index (χ3n) is 3.50.